The molecule has 0 saturated carbocycles. The van der Waals surface area contributed by atoms with Crippen molar-refractivity contribution in [2.24, 2.45) is 5.92 Å². The van der Waals surface area contributed by atoms with Crippen LogP contribution in [0, 0.1) is 12.8 Å². The smallest absolute Gasteiger partial charge is 0.258 e. The van der Waals surface area contributed by atoms with Crippen LogP contribution in [0.1, 0.15) is 19.4 Å². The van der Waals surface area contributed by atoms with Crippen LogP contribution in [0.3, 0.4) is 0 Å². The summed E-state index contributed by atoms with van der Waals surface area (Å²) in [5, 5.41) is 6.39. The second-order valence-electron chi connectivity index (χ2n) is 6.61. The summed E-state index contributed by atoms with van der Waals surface area (Å²) in [7, 11) is 1.59. The number of ether oxygens (including phenoxy) is 2. The Morgan fingerprint density at radius 2 is 1.81 bits per heavy atom. The molecule has 5 nitrogen and oxygen atoms in total. The molecular weight excluding hydrogens is 328 g/mol. The van der Waals surface area contributed by atoms with E-state index in [9.17, 15) is 4.79 Å². The topological polar surface area (TPSA) is 59.6 Å². The number of rotatable bonds is 9. The van der Waals surface area contributed by atoms with Crippen LogP contribution >= 0.6 is 0 Å². The zero-order chi connectivity index (χ0) is 18.9. The standard InChI is InChI=1S/C21H28N2O3/c1-15(2)18(23-17-8-6-5-7-9-17)13-22-21(24)14-26-19-11-10-16(3)12-20(19)25-4/h5-12,15,18,23H,13-14H2,1-4H3,(H,22,24). The molecule has 5 heteroatoms. The molecule has 0 aliphatic heterocycles. The maximum atomic E-state index is 12.2. The average molecular weight is 356 g/mol. The van der Waals surface area contributed by atoms with Gasteiger partial charge in [-0.05, 0) is 42.7 Å². The molecule has 0 saturated heterocycles. The summed E-state index contributed by atoms with van der Waals surface area (Å²) in [6.07, 6.45) is 0. The highest BCUT2D eigenvalue weighted by Gasteiger charge is 2.15. The Labute approximate surface area is 155 Å². The molecule has 0 bridgehead atoms. The van der Waals surface area contributed by atoms with Crippen molar-refractivity contribution in [2.45, 2.75) is 26.8 Å². The predicted molar refractivity (Wildman–Crippen MR) is 105 cm³/mol. The van der Waals surface area contributed by atoms with Crippen LogP contribution in [0.2, 0.25) is 0 Å². The fourth-order valence-electron chi connectivity index (χ4n) is 2.51. The van der Waals surface area contributed by atoms with Gasteiger partial charge in [0.1, 0.15) is 0 Å². The monoisotopic (exact) mass is 356 g/mol. The van der Waals surface area contributed by atoms with Crippen LogP contribution in [0.4, 0.5) is 5.69 Å². The highest BCUT2D eigenvalue weighted by molar-refractivity contribution is 5.77. The summed E-state index contributed by atoms with van der Waals surface area (Å²) in [5.74, 6) is 1.40. The van der Waals surface area contributed by atoms with E-state index in [0.29, 0.717) is 24.0 Å². The zero-order valence-electron chi connectivity index (χ0n) is 15.9. The number of para-hydroxylation sites is 1. The molecule has 2 aromatic carbocycles. The van der Waals surface area contributed by atoms with Crippen LogP contribution < -0.4 is 20.1 Å². The third kappa shape index (κ3) is 5.99. The van der Waals surface area contributed by atoms with Gasteiger partial charge >= 0.3 is 0 Å². The van der Waals surface area contributed by atoms with Crippen molar-refractivity contribution in [1.82, 2.24) is 5.32 Å². The molecule has 0 spiro atoms. The first kappa shape index (κ1) is 19.6. The molecule has 0 aliphatic rings. The third-order valence-electron chi connectivity index (χ3n) is 4.13. The maximum absolute atomic E-state index is 12.2. The minimum Gasteiger partial charge on any atom is -0.493 e. The van der Waals surface area contributed by atoms with Crippen LogP contribution in [-0.2, 0) is 4.79 Å². The van der Waals surface area contributed by atoms with E-state index in [2.05, 4.69) is 24.5 Å². The summed E-state index contributed by atoms with van der Waals surface area (Å²) < 4.78 is 10.9. The van der Waals surface area contributed by atoms with Gasteiger partial charge in [0.05, 0.1) is 7.11 Å². The van der Waals surface area contributed by atoms with E-state index in [4.69, 9.17) is 9.47 Å². The molecule has 1 atom stereocenters. The van der Waals surface area contributed by atoms with E-state index in [1.807, 2.05) is 55.5 Å². The lowest BCUT2D eigenvalue weighted by Gasteiger charge is -2.24. The third-order valence-corrected chi connectivity index (χ3v) is 4.13. The number of carbonyl (C=O) groups excluding carboxylic acids is 1. The van der Waals surface area contributed by atoms with Gasteiger partial charge < -0.3 is 20.1 Å². The maximum Gasteiger partial charge on any atom is 0.258 e. The number of amides is 1. The first-order valence-electron chi connectivity index (χ1n) is 8.85. The lowest BCUT2D eigenvalue weighted by Crippen LogP contribution is -2.41. The van der Waals surface area contributed by atoms with Crippen molar-refractivity contribution in [2.75, 3.05) is 25.6 Å². The molecule has 140 valence electrons. The van der Waals surface area contributed by atoms with Crippen molar-refractivity contribution in [3.63, 3.8) is 0 Å². The Morgan fingerprint density at radius 1 is 1.08 bits per heavy atom. The molecule has 0 aromatic heterocycles. The Bertz CT molecular complexity index is 702. The Morgan fingerprint density at radius 3 is 2.46 bits per heavy atom. The van der Waals surface area contributed by atoms with Crippen LogP contribution in [0.15, 0.2) is 48.5 Å². The van der Waals surface area contributed by atoms with Gasteiger partial charge in [0.25, 0.3) is 5.91 Å². The number of nitrogens with one attached hydrogen (secondary N) is 2. The number of benzene rings is 2. The normalized spacial score (nSPS) is 11.7. The Hall–Kier alpha value is -2.69. The lowest BCUT2D eigenvalue weighted by atomic mass is 10.0. The summed E-state index contributed by atoms with van der Waals surface area (Å²) >= 11 is 0. The number of hydrogen-bond donors (Lipinski definition) is 2. The lowest BCUT2D eigenvalue weighted by molar-refractivity contribution is -0.123. The molecule has 2 aromatic rings. The fraction of sp³-hybridized carbons (Fsp3) is 0.381. The van der Waals surface area contributed by atoms with Crippen LogP contribution in [-0.4, -0.2) is 32.2 Å². The molecular formula is C21H28N2O3. The van der Waals surface area contributed by atoms with Gasteiger partial charge in [-0.3, -0.25) is 4.79 Å². The van der Waals surface area contributed by atoms with Gasteiger partial charge in [-0.25, -0.2) is 0 Å². The van der Waals surface area contributed by atoms with E-state index in [1.54, 1.807) is 7.11 Å². The van der Waals surface area contributed by atoms with Crippen LogP contribution in [0.5, 0.6) is 11.5 Å². The Kier molecular flexibility index (Phi) is 7.33. The molecule has 2 N–H and O–H groups in total. The summed E-state index contributed by atoms with van der Waals surface area (Å²) in [5.41, 5.74) is 2.12. The number of aryl methyl sites for hydroxylation is 1. The summed E-state index contributed by atoms with van der Waals surface area (Å²) in [4.78, 5) is 12.2. The fourth-order valence-corrected chi connectivity index (χ4v) is 2.51. The van der Waals surface area contributed by atoms with Crippen molar-refractivity contribution in [3.05, 3.63) is 54.1 Å². The molecule has 0 aliphatic carbocycles. The average Bonchev–Trinajstić information content (AvgIpc) is 2.64. The van der Waals surface area contributed by atoms with Gasteiger partial charge in [0.15, 0.2) is 18.1 Å². The molecule has 0 fully saturated rings. The summed E-state index contributed by atoms with van der Waals surface area (Å²) in [6, 6.07) is 15.7. The molecule has 0 radical (unpaired) electrons. The Balaban J connectivity index is 1.84. The number of anilines is 1. The van der Waals surface area contributed by atoms with Gasteiger partial charge in [-0.2, -0.15) is 0 Å². The quantitative estimate of drug-likeness (QED) is 0.720. The van der Waals surface area contributed by atoms with E-state index >= 15 is 0 Å². The van der Waals surface area contributed by atoms with Gasteiger partial charge in [0, 0.05) is 18.3 Å². The van der Waals surface area contributed by atoms with Crippen molar-refractivity contribution in [3.8, 4) is 11.5 Å². The number of hydrogen-bond acceptors (Lipinski definition) is 4. The molecule has 1 amide bonds. The second-order valence-corrected chi connectivity index (χ2v) is 6.61. The van der Waals surface area contributed by atoms with Gasteiger partial charge in [-0.15, -0.1) is 0 Å². The first-order chi connectivity index (χ1) is 12.5. The van der Waals surface area contributed by atoms with Crippen molar-refractivity contribution in [1.29, 1.82) is 0 Å². The van der Waals surface area contributed by atoms with Crippen LogP contribution in [0.25, 0.3) is 0 Å². The van der Waals surface area contributed by atoms with Crippen molar-refractivity contribution < 1.29 is 14.3 Å². The van der Waals surface area contributed by atoms with E-state index in [-0.39, 0.29) is 18.6 Å². The van der Waals surface area contributed by atoms with E-state index in [1.165, 1.54) is 0 Å². The molecule has 0 heterocycles. The molecule has 2 rings (SSSR count). The highest BCUT2D eigenvalue weighted by atomic mass is 16.5. The molecule has 26 heavy (non-hydrogen) atoms. The SMILES string of the molecule is COc1cc(C)ccc1OCC(=O)NCC(Nc1ccccc1)C(C)C. The summed E-state index contributed by atoms with van der Waals surface area (Å²) in [6.45, 7) is 6.71. The number of methoxy groups -OCH3 is 1. The van der Waals surface area contributed by atoms with Gasteiger partial charge in [-0.1, -0.05) is 38.1 Å². The second kappa shape index (κ2) is 9.70. The minimum atomic E-state index is -0.159. The zero-order valence-corrected chi connectivity index (χ0v) is 15.9. The minimum absolute atomic E-state index is 0.0461. The number of carbonyl (C=O) groups is 1. The largest absolute Gasteiger partial charge is 0.493 e. The highest BCUT2D eigenvalue weighted by Crippen LogP contribution is 2.27. The molecule has 1 unspecified atom stereocenters. The van der Waals surface area contributed by atoms with Gasteiger partial charge in [0.2, 0.25) is 0 Å². The van der Waals surface area contributed by atoms with E-state index in [0.717, 1.165) is 11.3 Å². The van der Waals surface area contributed by atoms with Crippen molar-refractivity contribution >= 4 is 11.6 Å². The first-order valence-corrected chi connectivity index (χ1v) is 8.85. The predicted octanol–water partition coefficient (Wildman–Crippen LogP) is 3.64. The van der Waals surface area contributed by atoms with E-state index < -0.39 is 0 Å².